The van der Waals surface area contributed by atoms with Gasteiger partial charge in [0.15, 0.2) is 0 Å². The topological polar surface area (TPSA) is 242 Å². The Bertz CT molecular complexity index is 1440. The molecule has 2 fully saturated rings. The minimum Gasteiger partial charge on any atom is -0.460 e. The third kappa shape index (κ3) is 17.8. The Labute approximate surface area is 337 Å². The Kier molecular flexibility index (Phi) is 18.4. The van der Waals surface area contributed by atoms with Crippen molar-refractivity contribution < 1.29 is 52.6 Å². The van der Waals surface area contributed by atoms with E-state index in [1.165, 1.54) is 4.90 Å². The van der Waals surface area contributed by atoms with Gasteiger partial charge in [-0.05, 0) is 100 Å². The lowest BCUT2D eigenvalue weighted by Crippen LogP contribution is -2.58. The third-order valence-electron chi connectivity index (χ3n) is 9.24. The van der Waals surface area contributed by atoms with Crippen LogP contribution in [-0.2, 0) is 47.8 Å². The second-order valence-corrected chi connectivity index (χ2v) is 18.0. The summed E-state index contributed by atoms with van der Waals surface area (Å²) in [4.78, 5) is 106. The van der Waals surface area contributed by atoms with E-state index >= 15 is 0 Å². The second kappa shape index (κ2) is 21.5. The van der Waals surface area contributed by atoms with Gasteiger partial charge in [-0.15, -0.1) is 0 Å². The monoisotopic (exact) mass is 808 g/mol. The summed E-state index contributed by atoms with van der Waals surface area (Å²) in [5.74, 6) is -5.59. The molecule has 0 radical (unpaired) electrons. The first-order valence-electron chi connectivity index (χ1n) is 20.2. The fourth-order valence-electron chi connectivity index (χ4n) is 6.94. The molecule has 2 aliphatic rings. The van der Waals surface area contributed by atoms with Gasteiger partial charge in [-0.1, -0.05) is 32.6 Å². The van der Waals surface area contributed by atoms with E-state index in [2.05, 4.69) is 21.3 Å². The van der Waals surface area contributed by atoms with E-state index in [0.29, 0.717) is 19.3 Å². The smallest absolute Gasteiger partial charge is 0.408 e. The highest BCUT2D eigenvalue weighted by atomic mass is 16.6. The average Bonchev–Trinajstić information content (AvgIpc) is 3.49. The standard InChI is InChI=1S/C40H68N6O11/c1-11-16-26(32(49)35(52)42-22-29(47)43-27(33(41)50)19-15-20-30(48)56-39(5,6)7)44-34(51)28-21-25(55-38(2,3)4)23-46(28)36(53)31(24-17-13-12-14-18-24)45-37(54)57-40(8,9)10/h24-28,31H,11-23H2,1-10H3,(H2,41,50)(H,42,52)(H,43,47)(H,44,51)(H,45,54). The number of hydrogen-bond donors (Lipinski definition) is 5. The molecule has 17 nitrogen and oxygen atoms in total. The molecular formula is C40H68N6O11. The maximum absolute atomic E-state index is 14.4. The minimum atomic E-state index is -1.29. The molecular weight excluding hydrogens is 740 g/mol. The lowest BCUT2D eigenvalue weighted by atomic mass is 9.83. The molecule has 1 aliphatic heterocycles. The highest BCUT2D eigenvalue weighted by molar-refractivity contribution is 6.38. The van der Waals surface area contributed by atoms with Crippen LogP contribution in [0.4, 0.5) is 4.79 Å². The second-order valence-electron chi connectivity index (χ2n) is 18.0. The van der Waals surface area contributed by atoms with Crippen molar-refractivity contribution in [3.8, 4) is 0 Å². The van der Waals surface area contributed by atoms with Gasteiger partial charge in [-0.25, -0.2) is 4.79 Å². The first-order valence-corrected chi connectivity index (χ1v) is 20.2. The van der Waals surface area contributed by atoms with Crippen LogP contribution >= 0.6 is 0 Å². The molecule has 2 rings (SSSR count). The molecule has 0 spiro atoms. The number of primary amides is 1. The van der Waals surface area contributed by atoms with Crippen molar-refractivity contribution in [1.29, 1.82) is 0 Å². The van der Waals surface area contributed by atoms with E-state index in [9.17, 15) is 38.4 Å². The lowest BCUT2D eigenvalue weighted by molar-refractivity contribution is -0.155. The Morgan fingerprint density at radius 2 is 1.39 bits per heavy atom. The van der Waals surface area contributed by atoms with Crippen molar-refractivity contribution in [2.24, 2.45) is 11.7 Å². The van der Waals surface area contributed by atoms with Crippen LogP contribution in [0.25, 0.3) is 0 Å². The summed E-state index contributed by atoms with van der Waals surface area (Å²) in [7, 11) is 0. The molecule has 0 aromatic carbocycles. The van der Waals surface area contributed by atoms with Crippen molar-refractivity contribution >= 4 is 47.4 Å². The fraction of sp³-hybridized carbons (Fsp3) is 0.800. The van der Waals surface area contributed by atoms with Gasteiger partial charge in [-0.3, -0.25) is 33.6 Å². The summed E-state index contributed by atoms with van der Waals surface area (Å²) in [6.45, 7) is 17.1. The van der Waals surface area contributed by atoms with Gasteiger partial charge in [0.2, 0.25) is 29.4 Å². The molecule has 6 amide bonds. The molecule has 0 aromatic heterocycles. The number of nitrogens with zero attached hydrogens (tertiary/aromatic N) is 1. The molecule has 5 unspecified atom stereocenters. The Morgan fingerprint density at radius 3 is 1.93 bits per heavy atom. The maximum Gasteiger partial charge on any atom is 0.408 e. The number of esters is 1. The Balaban J connectivity index is 2.18. The summed E-state index contributed by atoms with van der Waals surface area (Å²) in [6, 6.07) is -4.48. The van der Waals surface area contributed by atoms with E-state index < -0.39 is 101 Å². The number of nitrogens with one attached hydrogen (secondary N) is 4. The van der Waals surface area contributed by atoms with Gasteiger partial charge >= 0.3 is 12.1 Å². The number of nitrogens with two attached hydrogens (primary N) is 1. The van der Waals surface area contributed by atoms with Gasteiger partial charge in [0.1, 0.15) is 29.3 Å². The molecule has 1 aliphatic carbocycles. The minimum absolute atomic E-state index is 0.00614. The zero-order valence-corrected chi connectivity index (χ0v) is 35.7. The number of amides is 6. The van der Waals surface area contributed by atoms with E-state index in [0.717, 1.165) is 19.3 Å². The molecule has 5 atom stereocenters. The predicted octanol–water partition coefficient (Wildman–Crippen LogP) is 2.70. The van der Waals surface area contributed by atoms with E-state index in [4.69, 9.17) is 19.9 Å². The number of carbonyl (C=O) groups excluding carboxylic acids is 8. The average molecular weight is 809 g/mol. The van der Waals surface area contributed by atoms with Gasteiger partial charge < -0.3 is 46.1 Å². The van der Waals surface area contributed by atoms with Crippen LogP contribution in [0.5, 0.6) is 0 Å². The quantitative estimate of drug-likeness (QED) is 0.0996. The summed E-state index contributed by atoms with van der Waals surface area (Å²) in [5.41, 5.74) is 3.35. The van der Waals surface area contributed by atoms with Crippen molar-refractivity contribution in [1.82, 2.24) is 26.2 Å². The zero-order chi connectivity index (χ0) is 43.3. The van der Waals surface area contributed by atoms with E-state index in [-0.39, 0.29) is 44.6 Å². The molecule has 0 bridgehead atoms. The number of carbonyl (C=O) groups is 8. The molecule has 6 N–H and O–H groups in total. The van der Waals surface area contributed by atoms with Crippen molar-refractivity contribution in [3.05, 3.63) is 0 Å². The maximum atomic E-state index is 14.4. The summed E-state index contributed by atoms with van der Waals surface area (Å²) >= 11 is 0. The lowest BCUT2D eigenvalue weighted by Gasteiger charge is -2.35. The number of ether oxygens (including phenoxy) is 3. The van der Waals surface area contributed by atoms with Crippen LogP contribution in [0, 0.1) is 5.92 Å². The Hall–Kier alpha value is -4.28. The Morgan fingerprint density at radius 1 is 0.772 bits per heavy atom. The summed E-state index contributed by atoms with van der Waals surface area (Å²) < 4.78 is 17.0. The number of alkyl carbamates (subject to hydrolysis) is 1. The first kappa shape index (κ1) is 48.9. The number of hydrogen-bond acceptors (Lipinski definition) is 11. The van der Waals surface area contributed by atoms with Crippen LogP contribution in [0.1, 0.15) is 140 Å². The van der Waals surface area contributed by atoms with Crippen LogP contribution in [0.3, 0.4) is 0 Å². The van der Waals surface area contributed by atoms with Gasteiger partial charge in [-0.2, -0.15) is 0 Å². The molecule has 1 heterocycles. The molecule has 57 heavy (non-hydrogen) atoms. The van der Waals surface area contributed by atoms with Gasteiger partial charge in [0.25, 0.3) is 5.91 Å². The van der Waals surface area contributed by atoms with Crippen LogP contribution in [0.15, 0.2) is 0 Å². The highest BCUT2D eigenvalue weighted by Crippen LogP contribution is 2.31. The molecule has 0 aromatic rings. The largest absolute Gasteiger partial charge is 0.460 e. The van der Waals surface area contributed by atoms with Gasteiger partial charge in [0, 0.05) is 19.4 Å². The van der Waals surface area contributed by atoms with Crippen LogP contribution in [0.2, 0.25) is 0 Å². The van der Waals surface area contributed by atoms with E-state index in [1.54, 1.807) is 48.5 Å². The van der Waals surface area contributed by atoms with E-state index in [1.807, 2.05) is 20.8 Å². The highest BCUT2D eigenvalue weighted by Gasteiger charge is 2.46. The number of Topliss-reactive ketones (excluding diaryl/α,β-unsaturated/α-hetero) is 1. The zero-order valence-electron chi connectivity index (χ0n) is 35.7. The number of likely N-dealkylation sites (tertiary alicyclic amines) is 1. The molecule has 324 valence electrons. The van der Waals surface area contributed by atoms with Crippen LogP contribution in [-0.4, -0.2) is 112 Å². The van der Waals surface area contributed by atoms with Crippen molar-refractivity contribution in [2.45, 2.75) is 187 Å². The normalized spacial score (nSPS) is 19.4. The summed E-state index contributed by atoms with van der Waals surface area (Å²) in [5, 5.41) is 10.1. The molecule has 1 saturated carbocycles. The first-order chi connectivity index (χ1) is 26.3. The van der Waals surface area contributed by atoms with Crippen molar-refractivity contribution in [3.63, 3.8) is 0 Å². The number of rotatable bonds is 18. The molecule has 1 saturated heterocycles. The number of ketones is 1. The van der Waals surface area contributed by atoms with Gasteiger partial charge in [0.05, 0.1) is 24.3 Å². The fourth-order valence-corrected chi connectivity index (χ4v) is 6.94. The third-order valence-corrected chi connectivity index (χ3v) is 9.24. The van der Waals surface area contributed by atoms with Crippen LogP contribution < -0.4 is 27.0 Å². The summed E-state index contributed by atoms with van der Waals surface area (Å²) in [6.07, 6.45) is 3.73. The SMILES string of the molecule is CCCC(NC(=O)C1CC(OC(C)(C)C)CN1C(=O)C(NC(=O)OC(C)(C)C)C1CCCCC1)C(=O)C(=O)NCC(=O)NC(CCCC(=O)OC(C)(C)C)C(N)=O. The van der Waals surface area contributed by atoms with Crippen molar-refractivity contribution in [2.75, 3.05) is 13.1 Å². The predicted molar refractivity (Wildman–Crippen MR) is 210 cm³/mol. The molecule has 17 heteroatoms.